The Bertz CT molecular complexity index is 1000. The highest BCUT2D eigenvalue weighted by molar-refractivity contribution is 5.89. The van der Waals surface area contributed by atoms with E-state index in [1.807, 2.05) is 48.5 Å². The zero-order chi connectivity index (χ0) is 19.7. The number of carboxylic acid groups (broad SMARTS) is 1. The van der Waals surface area contributed by atoms with Crippen LogP contribution in [0.3, 0.4) is 0 Å². The van der Waals surface area contributed by atoms with Gasteiger partial charge in [0.25, 0.3) is 0 Å². The Kier molecular flexibility index (Phi) is 4.65. The van der Waals surface area contributed by atoms with Gasteiger partial charge in [0.15, 0.2) is 0 Å². The summed E-state index contributed by atoms with van der Waals surface area (Å²) in [6, 6.07) is 19.8. The molecule has 0 saturated carbocycles. The second kappa shape index (κ2) is 7.27. The maximum Gasteiger partial charge on any atom is 0.327 e. The van der Waals surface area contributed by atoms with Gasteiger partial charge < -0.3 is 10.4 Å². The monoisotopic (exact) mass is 375 g/mol. The zero-order valence-electron chi connectivity index (χ0n) is 14.9. The Hall–Kier alpha value is -3.47. The fraction of sp³-hybridized carbons (Fsp3) is 0.130. The number of fused-ring (bicyclic) bond motifs is 3. The standard InChI is InChI=1S/C23H18FNO3/c24-15-11-9-14(10-12-15)13-20(26)25-22(23(27)28)21-18-7-3-1-5-16(18)17-6-2-4-8-19(17)21/h1-12,21-22H,13H2,(H,25,26)(H,27,28)/t22-/m1/s1. The third-order valence-electron chi connectivity index (χ3n) is 5.08. The highest BCUT2D eigenvalue weighted by Gasteiger charge is 2.38. The summed E-state index contributed by atoms with van der Waals surface area (Å²) in [6.45, 7) is 0. The molecule has 0 saturated heterocycles. The van der Waals surface area contributed by atoms with Crippen LogP contribution in [0.15, 0.2) is 72.8 Å². The molecule has 1 aliphatic carbocycles. The summed E-state index contributed by atoms with van der Waals surface area (Å²) in [5, 5.41) is 12.5. The topological polar surface area (TPSA) is 66.4 Å². The van der Waals surface area contributed by atoms with Gasteiger partial charge in [-0.25, -0.2) is 9.18 Å². The van der Waals surface area contributed by atoms with E-state index < -0.39 is 23.8 Å². The van der Waals surface area contributed by atoms with Crippen molar-refractivity contribution in [2.45, 2.75) is 18.4 Å². The summed E-state index contributed by atoms with van der Waals surface area (Å²) < 4.78 is 13.0. The lowest BCUT2D eigenvalue weighted by Crippen LogP contribution is -2.45. The molecule has 4 nitrogen and oxygen atoms in total. The van der Waals surface area contributed by atoms with Gasteiger partial charge in [0.2, 0.25) is 5.91 Å². The molecule has 1 aliphatic rings. The van der Waals surface area contributed by atoms with Gasteiger partial charge >= 0.3 is 5.97 Å². The first-order chi connectivity index (χ1) is 13.5. The number of carbonyl (C=O) groups is 2. The predicted octanol–water partition coefficient (Wildman–Crippen LogP) is 3.75. The van der Waals surface area contributed by atoms with Crippen LogP contribution in [0.1, 0.15) is 22.6 Å². The van der Waals surface area contributed by atoms with Gasteiger partial charge in [-0.15, -0.1) is 0 Å². The van der Waals surface area contributed by atoms with Crippen LogP contribution < -0.4 is 5.32 Å². The first-order valence-electron chi connectivity index (χ1n) is 8.99. The molecule has 5 heteroatoms. The Morgan fingerprint density at radius 2 is 1.43 bits per heavy atom. The van der Waals surface area contributed by atoms with E-state index in [1.165, 1.54) is 24.3 Å². The number of benzene rings is 3. The third-order valence-corrected chi connectivity index (χ3v) is 5.08. The van der Waals surface area contributed by atoms with E-state index >= 15 is 0 Å². The van der Waals surface area contributed by atoms with Gasteiger partial charge in [-0.05, 0) is 39.9 Å². The van der Waals surface area contributed by atoms with Gasteiger partial charge in [-0.3, -0.25) is 4.79 Å². The van der Waals surface area contributed by atoms with Crippen molar-refractivity contribution in [2.75, 3.05) is 0 Å². The fourth-order valence-electron chi connectivity index (χ4n) is 3.85. The smallest absolute Gasteiger partial charge is 0.327 e. The fourth-order valence-corrected chi connectivity index (χ4v) is 3.85. The minimum Gasteiger partial charge on any atom is -0.480 e. The highest BCUT2D eigenvalue weighted by atomic mass is 19.1. The number of amides is 1. The number of hydrogen-bond acceptors (Lipinski definition) is 2. The Labute approximate surface area is 161 Å². The molecule has 0 spiro atoms. The van der Waals surface area contributed by atoms with Crippen LogP contribution in [0.4, 0.5) is 4.39 Å². The number of rotatable bonds is 5. The number of halogens is 1. The summed E-state index contributed by atoms with van der Waals surface area (Å²) in [5.74, 6) is -2.36. The molecular formula is C23H18FNO3. The van der Waals surface area contributed by atoms with Crippen molar-refractivity contribution in [3.05, 3.63) is 95.3 Å². The number of carbonyl (C=O) groups excluding carboxylic acids is 1. The number of carboxylic acids is 1. The Balaban J connectivity index is 1.64. The van der Waals surface area contributed by atoms with Crippen molar-refractivity contribution in [3.63, 3.8) is 0 Å². The molecule has 3 aromatic carbocycles. The molecule has 2 N–H and O–H groups in total. The molecule has 0 bridgehead atoms. The number of aliphatic carboxylic acids is 1. The van der Waals surface area contributed by atoms with Gasteiger partial charge in [-0.2, -0.15) is 0 Å². The van der Waals surface area contributed by atoms with Gasteiger partial charge in [0.05, 0.1) is 6.42 Å². The summed E-state index contributed by atoms with van der Waals surface area (Å²) >= 11 is 0. The van der Waals surface area contributed by atoms with Crippen LogP contribution >= 0.6 is 0 Å². The van der Waals surface area contributed by atoms with Crippen LogP contribution in [0.2, 0.25) is 0 Å². The summed E-state index contributed by atoms with van der Waals surface area (Å²) in [4.78, 5) is 24.6. The number of nitrogens with one attached hydrogen (secondary N) is 1. The Morgan fingerprint density at radius 3 is 1.96 bits per heavy atom. The van der Waals surface area contributed by atoms with Crippen molar-refractivity contribution in [3.8, 4) is 11.1 Å². The van der Waals surface area contributed by atoms with Crippen molar-refractivity contribution in [1.82, 2.24) is 5.32 Å². The van der Waals surface area contributed by atoms with Crippen LogP contribution in [-0.4, -0.2) is 23.0 Å². The number of hydrogen-bond donors (Lipinski definition) is 2. The molecule has 140 valence electrons. The molecule has 4 rings (SSSR count). The van der Waals surface area contributed by atoms with E-state index in [2.05, 4.69) is 5.32 Å². The second-order valence-electron chi connectivity index (χ2n) is 6.84. The third kappa shape index (κ3) is 3.27. The zero-order valence-corrected chi connectivity index (χ0v) is 14.9. The van der Waals surface area contributed by atoms with Crippen LogP contribution in [-0.2, 0) is 16.0 Å². The molecule has 1 atom stereocenters. The minimum atomic E-state index is -1.10. The maximum atomic E-state index is 13.0. The average Bonchev–Trinajstić information content (AvgIpc) is 3.02. The normalized spacial score (nSPS) is 13.5. The van der Waals surface area contributed by atoms with Crippen LogP contribution in [0, 0.1) is 5.82 Å². The summed E-state index contributed by atoms with van der Waals surface area (Å²) in [6.07, 6.45) is -0.0138. The van der Waals surface area contributed by atoms with Gasteiger partial charge in [0, 0.05) is 5.92 Å². The van der Waals surface area contributed by atoms with E-state index in [1.54, 1.807) is 0 Å². The van der Waals surface area contributed by atoms with E-state index in [0.29, 0.717) is 5.56 Å². The lowest BCUT2D eigenvalue weighted by molar-refractivity contribution is -0.142. The van der Waals surface area contributed by atoms with E-state index in [-0.39, 0.29) is 12.2 Å². The maximum absolute atomic E-state index is 13.0. The molecule has 3 aromatic rings. The summed E-state index contributed by atoms with van der Waals surface area (Å²) in [5.41, 5.74) is 4.37. The summed E-state index contributed by atoms with van der Waals surface area (Å²) in [7, 11) is 0. The second-order valence-corrected chi connectivity index (χ2v) is 6.84. The van der Waals surface area contributed by atoms with Crippen molar-refractivity contribution < 1.29 is 19.1 Å². The molecule has 28 heavy (non-hydrogen) atoms. The first kappa shape index (κ1) is 17.9. The highest BCUT2D eigenvalue weighted by Crippen LogP contribution is 2.46. The molecular weight excluding hydrogens is 357 g/mol. The van der Waals surface area contributed by atoms with Crippen LogP contribution in [0.25, 0.3) is 11.1 Å². The van der Waals surface area contributed by atoms with Crippen LogP contribution in [0.5, 0.6) is 0 Å². The minimum absolute atomic E-state index is 0.0138. The average molecular weight is 375 g/mol. The lowest BCUT2D eigenvalue weighted by Gasteiger charge is -2.23. The van der Waals surface area contributed by atoms with Crippen molar-refractivity contribution >= 4 is 11.9 Å². The molecule has 0 fully saturated rings. The molecule has 1 amide bonds. The van der Waals surface area contributed by atoms with Crippen molar-refractivity contribution in [1.29, 1.82) is 0 Å². The lowest BCUT2D eigenvalue weighted by atomic mass is 9.89. The van der Waals surface area contributed by atoms with E-state index in [0.717, 1.165) is 22.3 Å². The SMILES string of the molecule is O=C(Cc1ccc(F)cc1)N[C@@H](C(=O)O)C1c2ccccc2-c2ccccc21. The quantitative estimate of drug-likeness (QED) is 0.714. The Morgan fingerprint density at radius 1 is 0.893 bits per heavy atom. The van der Waals surface area contributed by atoms with Gasteiger partial charge in [-0.1, -0.05) is 60.7 Å². The first-order valence-corrected chi connectivity index (χ1v) is 8.99. The molecule has 0 aliphatic heterocycles. The van der Waals surface area contributed by atoms with E-state index in [4.69, 9.17) is 0 Å². The molecule has 0 unspecified atom stereocenters. The predicted molar refractivity (Wildman–Crippen MR) is 103 cm³/mol. The molecule has 0 aromatic heterocycles. The largest absolute Gasteiger partial charge is 0.480 e. The molecule has 0 radical (unpaired) electrons. The van der Waals surface area contributed by atoms with Gasteiger partial charge in [0.1, 0.15) is 11.9 Å². The molecule has 0 heterocycles. The van der Waals surface area contributed by atoms with Crippen molar-refractivity contribution in [2.24, 2.45) is 0 Å². The van der Waals surface area contributed by atoms with E-state index in [9.17, 15) is 19.1 Å².